The third kappa shape index (κ3) is 3.36. The molecule has 0 amide bonds. The van der Waals surface area contributed by atoms with E-state index >= 15 is 0 Å². The average molecular weight is 372 g/mol. The fourth-order valence-electron chi connectivity index (χ4n) is 3.73. The van der Waals surface area contributed by atoms with Crippen LogP contribution in [0.3, 0.4) is 0 Å². The molecule has 2 aliphatic rings. The highest BCUT2D eigenvalue weighted by molar-refractivity contribution is 6.19. The van der Waals surface area contributed by atoms with Crippen molar-refractivity contribution in [2.75, 3.05) is 31.6 Å². The number of rotatable bonds is 3. The number of benzene rings is 2. The Hall–Kier alpha value is -2.64. The van der Waals surface area contributed by atoms with E-state index in [9.17, 15) is 18.4 Å². The van der Waals surface area contributed by atoms with Crippen molar-refractivity contribution in [1.29, 1.82) is 0 Å². The number of Topliss-reactive ketones (excluding diaryl/α,β-unsaturated/α-hetero) is 2. The van der Waals surface area contributed by atoms with Gasteiger partial charge in [0.2, 0.25) is 0 Å². The maximum absolute atomic E-state index is 13.6. The van der Waals surface area contributed by atoms with Gasteiger partial charge < -0.3 is 10.1 Å². The zero-order valence-electron chi connectivity index (χ0n) is 14.5. The molecule has 0 radical (unpaired) electrons. The van der Waals surface area contributed by atoms with E-state index in [0.717, 1.165) is 18.2 Å². The summed E-state index contributed by atoms with van der Waals surface area (Å²) in [5.74, 6) is -1.96. The van der Waals surface area contributed by atoms with Crippen LogP contribution >= 0.6 is 0 Å². The van der Waals surface area contributed by atoms with E-state index < -0.39 is 23.7 Å². The van der Waals surface area contributed by atoms with Gasteiger partial charge in [-0.25, -0.2) is 8.78 Å². The molecular formula is C20H18F2N2O3. The minimum absolute atomic E-state index is 0.122. The number of carbonyl (C=O) groups excluding carboxylic acids is 2. The van der Waals surface area contributed by atoms with Gasteiger partial charge in [-0.2, -0.15) is 0 Å². The van der Waals surface area contributed by atoms with Crippen molar-refractivity contribution in [2.24, 2.45) is 0 Å². The van der Waals surface area contributed by atoms with Crippen molar-refractivity contribution < 1.29 is 23.1 Å². The first-order valence-corrected chi connectivity index (χ1v) is 8.76. The normalized spacial score (nSPS) is 23.2. The van der Waals surface area contributed by atoms with Crippen molar-refractivity contribution in [3.8, 4) is 0 Å². The number of hydrogen-bond donors (Lipinski definition) is 1. The monoisotopic (exact) mass is 372 g/mol. The molecule has 27 heavy (non-hydrogen) atoms. The molecule has 0 aromatic heterocycles. The Balaban J connectivity index is 1.75. The summed E-state index contributed by atoms with van der Waals surface area (Å²) in [7, 11) is 0. The van der Waals surface area contributed by atoms with Crippen LogP contribution in [0.25, 0.3) is 0 Å². The van der Waals surface area contributed by atoms with Crippen LogP contribution in [-0.2, 0) is 4.74 Å². The van der Waals surface area contributed by atoms with E-state index in [2.05, 4.69) is 5.32 Å². The lowest BCUT2D eigenvalue weighted by molar-refractivity contribution is 0.0134. The molecule has 140 valence electrons. The van der Waals surface area contributed by atoms with Gasteiger partial charge in [0, 0.05) is 36.0 Å². The van der Waals surface area contributed by atoms with Crippen LogP contribution in [0.4, 0.5) is 14.5 Å². The number of nitrogens with zero attached hydrogens (tertiary/aromatic N) is 1. The molecule has 1 aliphatic carbocycles. The second-order valence-electron chi connectivity index (χ2n) is 6.65. The Bertz CT molecular complexity index is 876. The number of nitrogens with one attached hydrogen (secondary N) is 1. The van der Waals surface area contributed by atoms with Crippen LogP contribution in [0.1, 0.15) is 20.7 Å². The fourth-order valence-corrected chi connectivity index (χ4v) is 3.73. The lowest BCUT2D eigenvalue weighted by atomic mass is 9.81. The van der Waals surface area contributed by atoms with Crippen molar-refractivity contribution >= 4 is 17.3 Å². The third-order valence-electron chi connectivity index (χ3n) is 4.95. The SMILES string of the molecule is O=C1c2ccccc2C(=O)C(N2CCOCC2)C1Nc1cc(F)cc(F)c1. The standard InChI is InChI=1S/C20H18F2N2O3/c21-12-9-13(22)11-14(10-12)23-17-18(24-5-7-27-8-6-24)20(26)16-4-2-1-3-15(16)19(17)25/h1-4,9-11,17-18,23H,5-8H2. The molecule has 0 spiro atoms. The van der Waals surface area contributed by atoms with E-state index in [1.54, 1.807) is 24.3 Å². The van der Waals surface area contributed by atoms with Gasteiger partial charge in [0.05, 0.1) is 13.2 Å². The maximum Gasteiger partial charge on any atom is 0.187 e. The predicted molar refractivity (Wildman–Crippen MR) is 95.1 cm³/mol. The van der Waals surface area contributed by atoms with Gasteiger partial charge in [0.15, 0.2) is 11.6 Å². The molecule has 1 heterocycles. The summed E-state index contributed by atoms with van der Waals surface area (Å²) < 4.78 is 32.5. The number of hydrogen-bond acceptors (Lipinski definition) is 5. The number of ether oxygens (including phenoxy) is 1. The lowest BCUT2D eigenvalue weighted by Crippen LogP contribution is -2.60. The van der Waals surface area contributed by atoms with Gasteiger partial charge in [-0.15, -0.1) is 0 Å². The van der Waals surface area contributed by atoms with Gasteiger partial charge in [-0.1, -0.05) is 24.3 Å². The molecule has 1 fully saturated rings. The van der Waals surface area contributed by atoms with E-state index in [1.165, 1.54) is 0 Å². The zero-order chi connectivity index (χ0) is 19.0. The first-order valence-electron chi connectivity index (χ1n) is 8.76. The molecule has 4 rings (SSSR count). The summed E-state index contributed by atoms with van der Waals surface area (Å²) in [5.41, 5.74) is 0.820. The lowest BCUT2D eigenvalue weighted by Gasteiger charge is -2.40. The number of fused-ring (bicyclic) bond motifs is 1. The molecule has 2 aromatic carbocycles. The summed E-state index contributed by atoms with van der Waals surface area (Å²) in [6, 6.07) is 7.93. The molecule has 2 unspecified atom stereocenters. The van der Waals surface area contributed by atoms with E-state index in [1.807, 2.05) is 4.90 Å². The molecule has 0 saturated carbocycles. The van der Waals surface area contributed by atoms with Crippen LogP contribution in [0.5, 0.6) is 0 Å². The topological polar surface area (TPSA) is 58.6 Å². The molecule has 1 N–H and O–H groups in total. The van der Waals surface area contributed by atoms with Crippen molar-refractivity contribution in [2.45, 2.75) is 12.1 Å². The molecular weight excluding hydrogens is 354 g/mol. The molecule has 7 heteroatoms. The molecule has 1 saturated heterocycles. The Morgan fingerprint density at radius 1 is 0.926 bits per heavy atom. The average Bonchev–Trinajstić information content (AvgIpc) is 2.66. The molecule has 0 bridgehead atoms. The number of carbonyl (C=O) groups is 2. The van der Waals surface area contributed by atoms with Crippen LogP contribution < -0.4 is 5.32 Å². The minimum Gasteiger partial charge on any atom is -0.379 e. The summed E-state index contributed by atoms with van der Waals surface area (Å²) in [6.45, 7) is 1.92. The van der Waals surface area contributed by atoms with Crippen molar-refractivity contribution in [3.63, 3.8) is 0 Å². The highest BCUT2D eigenvalue weighted by atomic mass is 19.1. The second-order valence-corrected chi connectivity index (χ2v) is 6.65. The van der Waals surface area contributed by atoms with Gasteiger partial charge in [0.1, 0.15) is 23.7 Å². The smallest absolute Gasteiger partial charge is 0.187 e. The Morgan fingerprint density at radius 2 is 1.52 bits per heavy atom. The van der Waals surface area contributed by atoms with E-state index in [4.69, 9.17) is 4.74 Å². The number of ketones is 2. The highest BCUT2D eigenvalue weighted by Crippen LogP contribution is 2.28. The molecule has 2 aromatic rings. The fraction of sp³-hybridized carbons (Fsp3) is 0.300. The molecule has 1 aliphatic heterocycles. The summed E-state index contributed by atoms with van der Waals surface area (Å²) in [6.07, 6.45) is 0. The first kappa shape index (κ1) is 17.8. The third-order valence-corrected chi connectivity index (χ3v) is 4.95. The Kier molecular flexibility index (Phi) is 4.72. The summed E-state index contributed by atoms with van der Waals surface area (Å²) in [4.78, 5) is 28.2. The van der Waals surface area contributed by atoms with Gasteiger partial charge in [-0.3, -0.25) is 14.5 Å². The van der Waals surface area contributed by atoms with Crippen LogP contribution in [0.2, 0.25) is 0 Å². The number of halogens is 2. The number of morpholine rings is 1. The van der Waals surface area contributed by atoms with Crippen LogP contribution in [-0.4, -0.2) is 54.9 Å². The Morgan fingerprint density at radius 3 is 2.15 bits per heavy atom. The van der Waals surface area contributed by atoms with Gasteiger partial charge in [0.25, 0.3) is 0 Å². The largest absolute Gasteiger partial charge is 0.379 e. The van der Waals surface area contributed by atoms with Gasteiger partial charge >= 0.3 is 0 Å². The van der Waals surface area contributed by atoms with Gasteiger partial charge in [-0.05, 0) is 12.1 Å². The zero-order valence-corrected chi connectivity index (χ0v) is 14.5. The summed E-state index contributed by atoms with van der Waals surface area (Å²) in [5, 5.41) is 2.90. The van der Waals surface area contributed by atoms with E-state index in [0.29, 0.717) is 37.4 Å². The quantitative estimate of drug-likeness (QED) is 0.897. The van der Waals surface area contributed by atoms with Crippen molar-refractivity contribution in [1.82, 2.24) is 4.90 Å². The molecule has 2 atom stereocenters. The Labute approximate surface area is 154 Å². The number of anilines is 1. The highest BCUT2D eigenvalue weighted by Gasteiger charge is 2.44. The predicted octanol–water partition coefficient (Wildman–Crippen LogP) is 2.53. The molecule has 5 nitrogen and oxygen atoms in total. The second kappa shape index (κ2) is 7.17. The van der Waals surface area contributed by atoms with Crippen LogP contribution in [0, 0.1) is 11.6 Å². The first-order chi connectivity index (χ1) is 13.0. The van der Waals surface area contributed by atoms with E-state index in [-0.39, 0.29) is 17.3 Å². The maximum atomic E-state index is 13.6. The van der Waals surface area contributed by atoms with Crippen LogP contribution in [0.15, 0.2) is 42.5 Å². The summed E-state index contributed by atoms with van der Waals surface area (Å²) >= 11 is 0. The van der Waals surface area contributed by atoms with Crippen molar-refractivity contribution in [3.05, 3.63) is 65.2 Å². The minimum atomic E-state index is -0.938.